The van der Waals surface area contributed by atoms with E-state index >= 15 is 4.79 Å². The van der Waals surface area contributed by atoms with E-state index in [0.717, 1.165) is 35.1 Å². The summed E-state index contributed by atoms with van der Waals surface area (Å²) in [5.41, 5.74) is 5.37. The number of hydrogen-bond donors (Lipinski definition) is 3. The van der Waals surface area contributed by atoms with Crippen molar-refractivity contribution < 1.29 is 43.2 Å². The van der Waals surface area contributed by atoms with Gasteiger partial charge in [0.15, 0.2) is 0 Å². The van der Waals surface area contributed by atoms with Gasteiger partial charge in [0.05, 0.1) is 29.9 Å². The first kappa shape index (κ1) is 49.3. The van der Waals surface area contributed by atoms with Crippen LogP contribution in [0.5, 0.6) is 11.5 Å². The largest absolute Gasteiger partial charge is 0.459 e. The molecular weight excluding hydrogens is 888 g/mol. The monoisotopic (exact) mass is 946 g/mol. The number of nitriles is 1. The number of allylic oxidation sites excluding steroid dienone is 1. The van der Waals surface area contributed by atoms with E-state index in [9.17, 15) is 24.7 Å². The summed E-state index contributed by atoms with van der Waals surface area (Å²) in [5.74, 6) is -2.84. The van der Waals surface area contributed by atoms with Crippen molar-refractivity contribution in [1.29, 1.82) is 5.26 Å². The first-order valence-electron chi connectivity index (χ1n) is 24.0. The van der Waals surface area contributed by atoms with Crippen molar-refractivity contribution in [3.63, 3.8) is 0 Å². The van der Waals surface area contributed by atoms with Gasteiger partial charge >= 0.3 is 6.09 Å². The van der Waals surface area contributed by atoms with Crippen molar-refractivity contribution in [3.05, 3.63) is 191 Å². The van der Waals surface area contributed by atoms with E-state index in [1.54, 1.807) is 59.5 Å². The van der Waals surface area contributed by atoms with Gasteiger partial charge in [0, 0.05) is 49.8 Å². The summed E-state index contributed by atoms with van der Waals surface area (Å²) < 4.78 is 35.0. The number of nitrogens with one attached hydrogen (secondary N) is 1. The average Bonchev–Trinajstić information content (AvgIpc) is 3.39. The zero-order valence-corrected chi connectivity index (χ0v) is 39.1. The van der Waals surface area contributed by atoms with Gasteiger partial charge in [-0.05, 0) is 114 Å². The Morgan fingerprint density at radius 3 is 2.27 bits per heavy atom. The van der Waals surface area contributed by atoms with Crippen LogP contribution in [-0.2, 0) is 29.3 Å². The predicted octanol–water partition coefficient (Wildman–Crippen LogP) is 10.2. The van der Waals surface area contributed by atoms with Gasteiger partial charge in [-0.25, -0.2) is 9.18 Å². The maximum Gasteiger partial charge on any atom is 0.412 e. The number of oxime groups is 1. The lowest BCUT2D eigenvalue weighted by Crippen LogP contribution is -2.70. The molecule has 0 aromatic heterocycles. The summed E-state index contributed by atoms with van der Waals surface area (Å²) in [5, 5.41) is 37.5. The van der Waals surface area contributed by atoms with E-state index < -0.39 is 35.6 Å². The second kappa shape index (κ2) is 23.5. The third-order valence-corrected chi connectivity index (χ3v) is 13.5. The van der Waals surface area contributed by atoms with Crippen LogP contribution in [0.3, 0.4) is 0 Å². The molecule has 0 saturated heterocycles. The minimum atomic E-state index is -1.61. The fraction of sp³-hybridized carbons (Fsp3) is 0.333. The molecule has 70 heavy (non-hydrogen) atoms. The van der Waals surface area contributed by atoms with E-state index in [1.807, 2.05) is 66.7 Å². The molecule has 0 radical (unpaired) electrons. The number of fused-ring (bicyclic) bond motifs is 2. The van der Waals surface area contributed by atoms with Crippen LogP contribution in [-0.4, -0.2) is 64.5 Å². The van der Waals surface area contributed by atoms with Gasteiger partial charge in [-0.2, -0.15) is 5.26 Å². The standard InChI is InChI=1S/C57H59FN4O8/c1-2-31-67-57-52(62(37-41-21-25-45(58)26-22-41)55(65)43-23-19-39(35-59)20-24-43)34-50(61-68-38-42-15-7-4-8-16-42)48-32-44(17-9-11-29-63)47(18-10-12-30-64)53(54(48)57)49-33-46(27-28-51(49)70-57)69-56(66)60-36-40-13-5-3-6-14-40/h2-8,13-16,19-28,32-33,44,47,52-54,63-64H,1,9-12,17-18,29-31,34,36-38H2,(H,60,66). The third-order valence-electron chi connectivity index (χ3n) is 13.5. The van der Waals surface area contributed by atoms with E-state index in [1.165, 1.54) is 12.1 Å². The molecule has 5 aromatic carbocycles. The number of ether oxygens (including phenoxy) is 3. The van der Waals surface area contributed by atoms with E-state index in [2.05, 4.69) is 24.0 Å². The minimum absolute atomic E-state index is 0.0162. The van der Waals surface area contributed by atoms with Gasteiger partial charge in [0.25, 0.3) is 5.91 Å². The molecule has 13 heteroatoms. The van der Waals surface area contributed by atoms with Crippen molar-refractivity contribution >= 4 is 17.7 Å². The Balaban J connectivity index is 1.32. The molecule has 8 rings (SSSR count). The Hall–Kier alpha value is -7.11. The molecule has 1 fully saturated rings. The Morgan fingerprint density at radius 1 is 0.886 bits per heavy atom. The van der Waals surface area contributed by atoms with Crippen LogP contribution >= 0.6 is 0 Å². The molecule has 362 valence electrons. The average molecular weight is 947 g/mol. The van der Waals surface area contributed by atoms with Crippen LogP contribution < -0.4 is 14.8 Å². The molecule has 6 unspecified atom stereocenters. The Morgan fingerprint density at radius 2 is 1.59 bits per heavy atom. The summed E-state index contributed by atoms with van der Waals surface area (Å²) >= 11 is 0. The number of amides is 2. The van der Waals surface area contributed by atoms with Crippen LogP contribution in [0.2, 0.25) is 0 Å². The molecule has 2 aliphatic carbocycles. The Bertz CT molecular complexity index is 2670. The number of carbonyl (C=O) groups is 2. The Kier molecular flexibility index (Phi) is 16.5. The van der Waals surface area contributed by atoms with Crippen molar-refractivity contribution in [2.45, 2.75) is 82.4 Å². The molecule has 1 saturated carbocycles. The third kappa shape index (κ3) is 11.3. The highest BCUT2D eigenvalue weighted by Gasteiger charge is 2.65. The molecular formula is C57H59FN4O8. The summed E-state index contributed by atoms with van der Waals surface area (Å²) in [7, 11) is 0. The highest BCUT2D eigenvalue weighted by molar-refractivity contribution is 6.03. The number of aliphatic hydroxyl groups excluding tert-OH is 2. The normalized spacial score (nSPS) is 21.5. The van der Waals surface area contributed by atoms with Crippen molar-refractivity contribution in [2.75, 3.05) is 19.8 Å². The number of benzene rings is 5. The molecule has 12 nitrogen and oxygen atoms in total. The second-order valence-electron chi connectivity index (χ2n) is 18.0. The molecule has 0 bridgehead atoms. The maximum atomic E-state index is 15.4. The molecule has 0 spiro atoms. The number of nitrogens with zero attached hydrogens (tertiary/aromatic N) is 3. The van der Waals surface area contributed by atoms with Gasteiger partial charge < -0.3 is 39.5 Å². The molecule has 3 aliphatic rings. The first-order valence-corrected chi connectivity index (χ1v) is 24.0. The molecule has 1 heterocycles. The number of unbranched alkanes of at least 4 members (excludes halogenated alkanes) is 2. The number of carbonyl (C=O) groups excluding carboxylic acids is 2. The zero-order valence-electron chi connectivity index (χ0n) is 39.1. The quantitative estimate of drug-likeness (QED) is 0.0369. The lowest BCUT2D eigenvalue weighted by molar-refractivity contribution is -0.255. The smallest absolute Gasteiger partial charge is 0.412 e. The first-order chi connectivity index (χ1) is 34.2. The lowest BCUT2D eigenvalue weighted by atomic mass is 9.55. The molecule has 2 amide bonds. The molecule has 6 atom stereocenters. The highest BCUT2D eigenvalue weighted by atomic mass is 19.1. The van der Waals surface area contributed by atoms with Crippen LogP contribution in [0.25, 0.3) is 0 Å². The zero-order chi connectivity index (χ0) is 48.9. The maximum absolute atomic E-state index is 15.4. The van der Waals surface area contributed by atoms with Gasteiger partial charge in [0.1, 0.15) is 30.0 Å². The van der Waals surface area contributed by atoms with E-state index in [0.29, 0.717) is 59.6 Å². The summed E-state index contributed by atoms with van der Waals surface area (Å²) in [4.78, 5) is 36.7. The van der Waals surface area contributed by atoms with Crippen LogP contribution in [0.1, 0.15) is 89.0 Å². The summed E-state index contributed by atoms with van der Waals surface area (Å²) in [6, 6.07) is 38.2. The lowest BCUT2D eigenvalue weighted by Gasteiger charge is -2.60. The van der Waals surface area contributed by atoms with Gasteiger partial charge in [0.2, 0.25) is 5.79 Å². The second-order valence-corrected chi connectivity index (χ2v) is 18.0. The number of halogens is 1. The van der Waals surface area contributed by atoms with Gasteiger partial charge in [-0.15, -0.1) is 6.58 Å². The molecule has 3 N–H and O–H groups in total. The van der Waals surface area contributed by atoms with E-state index in [4.69, 9.17) is 24.2 Å². The van der Waals surface area contributed by atoms with Crippen LogP contribution in [0.15, 0.2) is 157 Å². The fourth-order valence-corrected chi connectivity index (χ4v) is 10.3. The van der Waals surface area contributed by atoms with Crippen molar-refractivity contribution in [3.8, 4) is 17.6 Å². The van der Waals surface area contributed by atoms with Crippen molar-refractivity contribution in [1.82, 2.24) is 10.2 Å². The molecule has 5 aromatic rings. The number of hydrogen-bond acceptors (Lipinski definition) is 10. The van der Waals surface area contributed by atoms with Gasteiger partial charge in [-0.3, -0.25) is 4.79 Å². The van der Waals surface area contributed by atoms with Crippen molar-refractivity contribution in [2.24, 2.45) is 22.9 Å². The van der Waals surface area contributed by atoms with Gasteiger partial charge in [-0.1, -0.05) is 103 Å². The summed E-state index contributed by atoms with van der Waals surface area (Å²) in [6.45, 7) is 4.60. The topological polar surface area (TPSA) is 163 Å². The Labute approximate surface area is 408 Å². The number of aliphatic hydroxyl groups is 2. The highest BCUT2D eigenvalue weighted by Crippen LogP contribution is 2.62. The fourth-order valence-electron chi connectivity index (χ4n) is 10.3. The minimum Gasteiger partial charge on any atom is -0.459 e. The number of rotatable bonds is 21. The molecule has 1 aliphatic heterocycles. The van der Waals surface area contributed by atoms with Crippen LogP contribution in [0, 0.1) is 34.9 Å². The predicted molar refractivity (Wildman–Crippen MR) is 263 cm³/mol. The van der Waals surface area contributed by atoms with Crippen LogP contribution in [0.4, 0.5) is 9.18 Å². The SMILES string of the molecule is C=CCOC12Oc3ccc(OC(=O)NCc4ccccc4)cc3C3C(CCCCO)C(CCCCO)C=C(C(=NOCc4ccccc4)CC1N(Cc1ccc(F)cc1)C(=O)c1ccc(C#N)cc1)C32. The van der Waals surface area contributed by atoms with E-state index in [-0.39, 0.29) is 63.7 Å². The summed E-state index contributed by atoms with van der Waals surface area (Å²) in [6.07, 6.45) is 7.45.